The average Bonchev–Trinajstić information content (AvgIpc) is 2.96. The van der Waals surface area contributed by atoms with Crippen LogP contribution in [0.4, 0.5) is 4.79 Å². The Hall–Kier alpha value is -1.14. The minimum atomic E-state index is -0.123. The van der Waals surface area contributed by atoms with E-state index >= 15 is 0 Å². The molecule has 0 saturated carbocycles. The second-order valence-electron chi connectivity index (χ2n) is 5.05. The Balaban J connectivity index is 1.74. The molecule has 6 heteroatoms. The molecule has 106 valence electrons. The number of carbonyl (C=O) groups excluding carboxylic acids is 1. The molecule has 1 aliphatic rings. The molecule has 1 aliphatic heterocycles. The molecule has 0 unspecified atom stereocenters. The minimum Gasteiger partial charge on any atom is -0.376 e. The fraction of sp³-hybridized carbons (Fsp3) is 0.692. The third kappa shape index (κ3) is 3.91. The van der Waals surface area contributed by atoms with Gasteiger partial charge in [-0.25, -0.2) is 9.78 Å². The maximum Gasteiger partial charge on any atom is 0.315 e. The van der Waals surface area contributed by atoms with E-state index in [2.05, 4.69) is 22.5 Å². The Morgan fingerprint density at radius 1 is 1.68 bits per heavy atom. The number of nitrogens with zero attached hydrogens (tertiary/aromatic N) is 1. The standard InChI is InChI=1S/C13H21N3O2S/c1-8(12-15-9(2)7-19-12)6-14-13(17)16-11-4-5-18-10(11)3/h7-8,10-11H,4-6H2,1-3H3,(H2,14,16,17)/t8-,10+,11+/m1/s1. The predicted molar refractivity (Wildman–Crippen MR) is 75.6 cm³/mol. The summed E-state index contributed by atoms with van der Waals surface area (Å²) < 4.78 is 5.41. The van der Waals surface area contributed by atoms with Crippen molar-refractivity contribution in [2.75, 3.05) is 13.2 Å². The van der Waals surface area contributed by atoms with Crippen LogP contribution < -0.4 is 10.6 Å². The van der Waals surface area contributed by atoms with Gasteiger partial charge in [-0.15, -0.1) is 11.3 Å². The second-order valence-corrected chi connectivity index (χ2v) is 5.94. The van der Waals surface area contributed by atoms with Crippen LogP contribution in [0.15, 0.2) is 5.38 Å². The van der Waals surface area contributed by atoms with Crippen LogP contribution in [0.1, 0.15) is 36.9 Å². The molecular weight excluding hydrogens is 262 g/mol. The molecule has 1 aromatic rings. The smallest absolute Gasteiger partial charge is 0.315 e. The van der Waals surface area contributed by atoms with E-state index in [-0.39, 0.29) is 24.1 Å². The quantitative estimate of drug-likeness (QED) is 0.888. The van der Waals surface area contributed by atoms with Crippen molar-refractivity contribution in [1.82, 2.24) is 15.6 Å². The van der Waals surface area contributed by atoms with E-state index in [1.807, 2.05) is 19.2 Å². The van der Waals surface area contributed by atoms with Gasteiger partial charge in [-0.1, -0.05) is 6.92 Å². The Morgan fingerprint density at radius 3 is 3.05 bits per heavy atom. The van der Waals surface area contributed by atoms with Gasteiger partial charge in [-0.3, -0.25) is 0 Å². The third-order valence-electron chi connectivity index (χ3n) is 3.32. The van der Waals surface area contributed by atoms with Crippen molar-refractivity contribution >= 4 is 17.4 Å². The summed E-state index contributed by atoms with van der Waals surface area (Å²) in [4.78, 5) is 16.2. The fourth-order valence-corrected chi connectivity index (χ4v) is 2.93. The molecule has 0 aromatic carbocycles. The van der Waals surface area contributed by atoms with Crippen molar-refractivity contribution in [1.29, 1.82) is 0 Å². The first-order valence-electron chi connectivity index (χ1n) is 6.64. The van der Waals surface area contributed by atoms with E-state index in [9.17, 15) is 4.79 Å². The van der Waals surface area contributed by atoms with Crippen molar-refractivity contribution in [2.45, 2.75) is 45.3 Å². The first-order valence-corrected chi connectivity index (χ1v) is 7.52. The van der Waals surface area contributed by atoms with E-state index < -0.39 is 0 Å². The molecule has 1 saturated heterocycles. The molecule has 2 N–H and O–H groups in total. The summed E-state index contributed by atoms with van der Waals surface area (Å²) in [5.74, 6) is 0.238. The number of urea groups is 1. The summed E-state index contributed by atoms with van der Waals surface area (Å²) in [5.41, 5.74) is 1.04. The predicted octanol–water partition coefficient (Wildman–Crippen LogP) is 2.03. The topological polar surface area (TPSA) is 63.2 Å². The number of nitrogens with one attached hydrogen (secondary N) is 2. The third-order valence-corrected chi connectivity index (χ3v) is 4.51. The lowest BCUT2D eigenvalue weighted by atomic mass is 10.1. The molecule has 0 radical (unpaired) electrons. The number of rotatable bonds is 4. The molecule has 0 spiro atoms. The van der Waals surface area contributed by atoms with Crippen LogP contribution in [0.25, 0.3) is 0 Å². The van der Waals surface area contributed by atoms with E-state index in [1.165, 1.54) is 0 Å². The number of thiazole rings is 1. The number of ether oxygens (including phenoxy) is 1. The Bertz CT molecular complexity index is 435. The van der Waals surface area contributed by atoms with E-state index in [4.69, 9.17) is 4.74 Å². The highest BCUT2D eigenvalue weighted by atomic mass is 32.1. The molecule has 2 heterocycles. The minimum absolute atomic E-state index is 0.102. The van der Waals surface area contributed by atoms with E-state index in [1.54, 1.807) is 11.3 Å². The molecule has 2 rings (SSSR count). The molecular formula is C13H21N3O2S. The van der Waals surface area contributed by atoms with Crippen molar-refractivity contribution in [3.8, 4) is 0 Å². The first kappa shape index (κ1) is 14.3. The summed E-state index contributed by atoms with van der Waals surface area (Å²) in [7, 11) is 0. The number of aromatic nitrogens is 1. The lowest BCUT2D eigenvalue weighted by molar-refractivity contribution is 0.114. The average molecular weight is 283 g/mol. The number of hydrogen-bond donors (Lipinski definition) is 2. The van der Waals surface area contributed by atoms with Crippen LogP contribution in [-0.4, -0.2) is 36.3 Å². The fourth-order valence-electron chi connectivity index (χ4n) is 2.07. The highest BCUT2D eigenvalue weighted by Crippen LogP contribution is 2.18. The van der Waals surface area contributed by atoms with Crippen LogP contribution >= 0.6 is 11.3 Å². The zero-order valence-electron chi connectivity index (χ0n) is 11.6. The second kappa shape index (κ2) is 6.34. The first-order chi connectivity index (χ1) is 9.06. The largest absolute Gasteiger partial charge is 0.376 e. The number of carbonyl (C=O) groups is 1. The molecule has 19 heavy (non-hydrogen) atoms. The van der Waals surface area contributed by atoms with E-state index in [0.717, 1.165) is 23.7 Å². The van der Waals surface area contributed by atoms with Gasteiger partial charge in [0.2, 0.25) is 0 Å². The van der Waals surface area contributed by atoms with Crippen molar-refractivity contribution in [2.24, 2.45) is 0 Å². The maximum absolute atomic E-state index is 11.8. The highest BCUT2D eigenvalue weighted by Gasteiger charge is 2.25. The van der Waals surface area contributed by atoms with Crippen LogP contribution in [-0.2, 0) is 4.74 Å². The molecule has 2 amide bonds. The molecule has 0 aliphatic carbocycles. The number of amides is 2. The molecule has 1 aromatic heterocycles. The lowest BCUT2D eigenvalue weighted by Gasteiger charge is -2.17. The van der Waals surface area contributed by atoms with E-state index in [0.29, 0.717) is 6.54 Å². The number of hydrogen-bond acceptors (Lipinski definition) is 4. The van der Waals surface area contributed by atoms with Gasteiger partial charge in [0.05, 0.1) is 17.2 Å². The van der Waals surface area contributed by atoms with Crippen LogP contribution in [0.2, 0.25) is 0 Å². The van der Waals surface area contributed by atoms with Crippen LogP contribution in [0.5, 0.6) is 0 Å². The molecule has 1 fully saturated rings. The number of aryl methyl sites for hydroxylation is 1. The summed E-state index contributed by atoms with van der Waals surface area (Å²) in [5, 5.41) is 8.94. The summed E-state index contributed by atoms with van der Waals surface area (Å²) >= 11 is 1.64. The Kier molecular flexibility index (Phi) is 4.76. The van der Waals surface area contributed by atoms with Gasteiger partial charge >= 0.3 is 6.03 Å². The monoisotopic (exact) mass is 283 g/mol. The summed E-state index contributed by atoms with van der Waals surface area (Å²) in [6, 6.07) is -0.000101. The van der Waals surface area contributed by atoms with Gasteiger partial charge in [0.25, 0.3) is 0 Å². The normalized spacial score (nSPS) is 24.2. The van der Waals surface area contributed by atoms with Crippen molar-refractivity contribution in [3.63, 3.8) is 0 Å². The van der Waals surface area contributed by atoms with Crippen molar-refractivity contribution in [3.05, 3.63) is 16.1 Å². The molecule has 0 bridgehead atoms. The van der Waals surface area contributed by atoms with Gasteiger partial charge < -0.3 is 15.4 Å². The SMILES string of the molecule is Cc1csc([C@H](C)CNC(=O)N[C@H]2CCO[C@H]2C)n1. The van der Waals surface area contributed by atoms with Gasteiger partial charge in [0.1, 0.15) is 0 Å². The zero-order valence-corrected chi connectivity index (χ0v) is 12.4. The summed E-state index contributed by atoms with van der Waals surface area (Å²) in [6.07, 6.45) is 0.986. The Labute approximate surface area is 117 Å². The van der Waals surface area contributed by atoms with Crippen LogP contribution in [0, 0.1) is 6.92 Å². The Morgan fingerprint density at radius 2 is 2.47 bits per heavy atom. The van der Waals surface area contributed by atoms with Crippen molar-refractivity contribution < 1.29 is 9.53 Å². The van der Waals surface area contributed by atoms with Gasteiger partial charge in [-0.2, -0.15) is 0 Å². The van der Waals surface area contributed by atoms with Gasteiger partial charge in [0, 0.05) is 30.1 Å². The highest BCUT2D eigenvalue weighted by molar-refractivity contribution is 7.09. The summed E-state index contributed by atoms with van der Waals surface area (Å²) in [6.45, 7) is 7.36. The lowest BCUT2D eigenvalue weighted by Crippen LogP contribution is -2.45. The van der Waals surface area contributed by atoms with Gasteiger partial charge in [-0.05, 0) is 20.3 Å². The maximum atomic E-state index is 11.8. The zero-order chi connectivity index (χ0) is 13.8. The van der Waals surface area contributed by atoms with Gasteiger partial charge in [0.15, 0.2) is 0 Å². The molecule has 5 nitrogen and oxygen atoms in total. The van der Waals surface area contributed by atoms with Crippen LogP contribution in [0.3, 0.4) is 0 Å². The molecule has 3 atom stereocenters.